The molecule has 0 N–H and O–H groups in total. The van der Waals surface area contributed by atoms with E-state index in [0.717, 1.165) is 5.56 Å². The number of esters is 1. The van der Waals surface area contributed by atoms with E-state index in [9.17, 15) is 9.59 Å². The zero-order valence-corrected chi connectivity index (χ0v) is 18.6. The van der Waals surface area contributed by atoms with Crippen LogP contribution in [0.2, 0.25) is 5.02 Å². The number of hydrogen-bond acceptors (Lipinski definition) is 7. The van der Waals surface area contributed by atoms with Crippen LogP contribution in [0, 0.1) is 0 Å². The molecule has 0 aromatic heterocycles. The molecule has 0 saturated carbocycles. The predicted molar refractivity (Wildman–Crippen MR) is 122 cm³/mol. The van der Waals surface area contributed by atoms with Gasteiger partial charge in [-0.15, -0.1) is 0 Å². The van der Waals surface area contributed by atoms with Crippen LogP contribution in [-0.2, 0) is 14.3 Å². The van der Waals surface area contributed by atoms with E-state index >= 15 is 0 Å². The summed E-state index contributed by atoms with van der Waals surface area (Å²) < 4.78 is 16.1. The summed E-state index contributed by atoms with van der Waals surface area (Å²) in [7, 11) is 1.49. The lowest BCUT2D eigenvalue weighted by Gasteiger charge is -2.14. The van der Waals surface area contributed by atoms with Crippen molar-refractivity contribution >= 4 is 63.5 Å². The van der Waals surface area contributed by atoms with Crippen LogP contribution < -0.4 is 14.4 Å². The Morgan fingerprint density at radius 3 is 2.73 bits per heavy atom. The Labute approximate surface area is 188 Å². The van der Waals surface area contributed by atoms with E-state index in [2.05, 4.69) is 0 Å². The van der Waals surface area contributed by atoms with Crippen LogP contribution in [0.5, 0.6) is 11.5 Å². The molecule has 1 fully saturated rings. The molecular weight excluding hydrogens is 446 g/mol. The second-order valence-electron chi connectivity index (χ2n) is 6.00. The minimum absolute atomic E-state index is 0.220. The van der Waals surface area contributed by atoms with Gasteiger partial charge in [0, 0.05) is 5.02 Å². The lowest BCUT2D eigenvalue weighted by Crippen LogP contribution is -2.27. The molecule has 1 heterocycles. The van der Waals surface area contributed by atoms with Crippen LogP contribution in [0.15, 0.2) is 47.4 Å². The Balaban J connectivity index is 1.80. The Morgan fingerprint density at radius 2 is 2.03 bits per heavy atom. The Morgan fingerprint density at radius 1 is 1.23 bits per heavy atom. The van der Waals surface area contributed by atoms with E-state index in [1.807, 2.05) is 0 Å². The van der Waals surface area contributed by atoms with E-state index < -0.39 is 5.97 Å². The number of benzene rings is 2. The highest BCUT2D eigenvalue weighted by Crippen LogP contribution is 2.37. The SMILES string of the molecule is CCOC(=O)COc1ccc(/C=C2/SC(=S)N(c3cccc(Cl)c3)C2=O)cc1OC. The molecule has 0 spiro atoms. The fraction of sp³-hybridized carbons (Fsp3) is 0.190. The summed E-state index contributed by atoms with van der Waals surface area (Å²) in [4.78, 5) is 26.3. The highest BCUT2D eigenvalue weighted by molar-refractivity contribution is 8.27. The molecule has 1 saturated heterocycles. The third-order valence-corrected chi connectivity index (χ3v) is 5.53. The summed E-state index contributed by atoms with van der Waals surface area (Å²) in [5.74, 6) is 0.134. The van der Waals surface area contributed by atoms with E-state index in [4.69, 9.17) is 38.0 Å². The summed E-state index contributed by atoms with van der Waals surface area (Å²) in [6, 6.07) is 12.1. The molecule has 156 valence electrons. The maximum absolute atomic E-state index is 12.9. The summed E-state index contributed by atoms with van der Waals surface area (Å²) in [6.07, 6.45) is 1.72. The normalized spacial score (nSPS) is 14.9. The minimum atomic E-state index is -0.465. The number of halogens is 1. The van der Waals surface area contributed by atoms with Gasteiger partial charge in [-0.25, -0.2) is 4.79 Å². The van der Waals surface area contributed by atoms with Crippen LogP contribution >= 0.6 is 35.6 Å². The van der Waals surface area contributed by atoms with Crippen molar-refractivity contribution in [2.24, 2.45) is 0 Å². The summed E-state index contributed by atoms with van der Waals surface area (Å²) >= 11 is 12.6. The topological polar surface area (TPSA) is 65.1 Å². The number of rotatable bonds is 7. The number of thiocarbonyl (C=S) groups is 1. The van der Waals surface area contributed by atoms with Gasteiger partial charge in [0.2, 0.25) is 0 Å². The minimum Gasteiger partial charge on any atom is -0.493 e. The number of methoxy groups -OCH3 is 1. The molecule has 1 aliphatic rings. The molecule has 9 heteroatoms. The molecule has 0 bridgehead atoms. The molecule has 30 heavy (non-hydrogen) atoms. The number of thioether (sulfide) groups is 1. The number of hydrogen-bond donors (Lipinski definition) is 0. The van der Waals surface area contributed by atoms with Crippen molar-refractivity contribution in [1.29, 1.82) is 0 Å². The molecule has 1 aliphatic heterocycles. The van der Waals surface area contributed by atoms with Crippen LogP contribution in [0.25, 0.3) is 6.08 Å². The van der Waals surface area contributed by atoms with Gasteiger partial charge in [0.1, 0.15) is 0 Å². The Bertz CT molecular complexity index is 1020. The van der Waals surface area contributed by atoms with Crippen LogP contribution in [-0.4, -0.2) is 36.5 Å². The second-order valence-corrected chi connectivity index (χ2v) is 8.11. The third-order valence-electron chi connectivity index (χ3n) is 4.00. The molecule has 6 nitrogen and oxygen atoms in total. The average molecular weight is 464 g/mol. The van der Waals surface area contributed by atoms with Gasteiger partial charge in [0.25, 0.3) is 5.91 Å². The first-order chi connectivity index (χ1) is 14.4. The van der Waals surface area contributed by atoms with E-state index in [1.165, 1.54) is 23.8 Å². The van der Waals surface area contributed by atoms with Crippen LogP contribution in [0.4, 0.5) is 5.69 Å². The molecule has 2 aromatic carbocycles. The molecular formula is C21H18ClNO5S2. The smallest absolute Gasteiger partial charge is 0.344 e. The lowest BCUT2D eigenvalue weighted by molar-refractivity contribution is -0.145. The molecule has 0 aliphatic carbocycles. The van der Waals surface area contributed by atoms with E-state index in [1.54, 1.807) is 55.5 Å². The van der Waals surface area contributed by atoms with Crippen molar-refractivity contribution in [3.8, 4) is 11.5 Å². The largest absolute Gasteiger partial charge is 0.493 e. The fourth-order valence-corrected chi connectivity index (χ4v) is 4.17. The van der Waals surface area contributed by atoms with Crippen molar-refractivity contribution in [3.63, 3.8) is 0 Å². The van der Waals surface area contributed by atoms with Crippen molar-refractivity contribution in [3.05, 3.63) is 58.0 Å². The monoisotopic (exact) mass is 463 g/mol. The quantitative estimate of drug-likeness (QED) is 0.335. The first kappa shape index (κ1) is 22.1. The number of carbonyl (C=O) groups excluding carboxylic acids is 2. The summed E-state index contributed by atoms with van der Waals surface area (Å²) in [5.41, 5.74) is 1.34. The van der Waals surface area contributed by atoms with Crippen molar-refractivity contribution < 1.29 is 23.8 Å². The lowest BCUT2D eigenvalue weighted by atomic mass is 10.2. The van der Waals surface area contributed by atoms with Gasteiger partial charge in [-0.2, -0.15) is 0 Å². The van der Waals surface area contributed by atoms with E-state index in [0.29, 0.717) is 31.4 Å². The van der Waals surface area contributed by atoms with Gasteiger partial charge in [0.15, 0.2) is 22.4 Å². The standard InChI is InChI=1S/C21H18ClNO5S2/c1-3-27-19(24)12-28-16-8-7-13(9-17(16)26-2)10-18-20(25)23(21(29)30-18)15-6-4-5-14(22)11-15/h4-11H,3,12H2,1-2H3/b18-10+. The Hall–Kier alpha value is -2.55. The number of nitrogens with zero attached hydrogens (tertiary/aromatic N) is 1. The van der Waals surface area contributed by atoms with Gasteiger partial charge in [-0.3, -0.25) is 9.69 Å². The van der Waals surface area contributed by atoms with Gasteiger partial charge in [0.05, 0.1) is 24.3 Å². The predicted octanol–water partition coefficient (Wildman–Crippen LogP) is 4.70. The number of carbonyl (C=O) groups is 2. The first-order valence-electron chi connectivity index (χ1n) is 8.93. The summed E-state index contributed by atoms with van der Waals surface area (Å²) in [6.45, 7) is 1.79. The average Bonchev–Trinajstić information content (AvgIpc) is 3.00. The molecule has 3 rings (SSSR count). The van der Waals surface area contributed by atoms with Crippen molar-refractivity contribution in [1.82, 2.24) is 0 Å². The molecule has 2 aromatic rings. The molecule has 0 unspecified atom stereocenters. The first-order valence-corrected chi connectivity index (χ1v) is 10.5. The van der Waals surface area contributed by atoms with Gasteiger partial charge in [-0.05, 0) is 48.9 Å². The highest BCUT2D eigenvalue weighted by atomic mass is 35.5. The Kier molecular flexibility index (Phi) is 7.36. The van der Waals surface area contributed by atoms with Gasteiger partial charge < -0.3 is 14.2 Å². The van der Waals surface area contributed by atoms with Crippen molar-refractivity contribution in [2.75, 3.05) is 25.2 Å². The highest BCUT2D eigenvalue weighted by Gasteiger charge is 2.33. The zero-order chi connectivity index (χ0) is 21.7. The number of anilines is 1. The van der Waals surface area contributed by atoms with Crippen molar-refractivity contribution in [2.45, 2.75) is 6.92 Å². The number of ether oxygens (including phenoxy) is 3. The molecule has 0 atom stereocenters. The third kappa shape index (κ3) is 5.13. The maximum Gasteiger partial charge on any atom is 0.344 e. The zero-order valence-electron chi connectivity index (χ0n) is 16.2. The van der Waals surface area contributed by atoms with Crippen LogP contribution in [0.1, 0.15) is 12.5 Å². The molecule has 1 amide bonds. The van der Waals surface area contributed by atoms with Crippen LogP contribution in [0.3, 0.4) is 0 Å². The van der Waals surface area contributed by atoms with Gasteiger partial charge in [-0.1, -0.05) is 47.7 Å². The fourth-order valence-electron chi connectivity index (χ4n) is 2.69. The number of amides is 1. The second kappa shape index (κ2) is 9.97. The van der Waals surface area contributed by atoms with Gasteiger partial charge >= 0.3 is 5.97 Å². The summed E-state index contributed by atoms with van der Waals surface area (Å²) in [5, 5.41) is 0.522. The van der Waals surface area contributed by atoms with E-state index in [-0.39, 0.29) is 19.1 Å². The maximum atomic E-state index is 12.9. The molecule has 0 radical (unpaired) electrons.